The van der Waals surface area contributed by atoms with Gasteiger partial charge in [-0.3, -0.25) is 9.58 Å². The Morgan fingerprint density at radius 1 is 1.17 bits per heavy atom. The molecular formula is C20H27N3O. The average molecular weight is 325 g/mol. The summed E-state index contributed by atoms with van der Waals surface area (Å²) in [4.78, 5) is 2.47. The Hall–Kier alpha value is -2.07. The van der Waals surface area contributed by atoms with Gasteiger partial charge in [-0.2, -0.15) is 5.10 Å². The molecular weight excluding hydrogens is 298 g/mol. The lowest BCUT2D eigenvalue weighted by atomic mass is 10.0. The number of methoxy groups -OCH3 is 1. The maximum absolute atomic E-state index is 5.22. The van der Waals surface area contributed by atoms with Crippen molar-refractivity contribution in [2.45, 2.75) is 39.3 Å². The summed E-state index contributed by atoms with van der Waals surface area (Å²) in [7, 11) is 1.70. The van der Waals surface area contributed by atoms with Gasteiger partial charge in [-0.05, 0) is 50.5 Å². The van der Waals surface area contributed by atoms with E-state index >= 15 is 0 Å². The summed E-state index contributed by atoms with van der Waals surface area (Å²) in [6, 6.07) is 8.35. The van der Waals surface area contributed by atoms with Crippen LogP contribution in [0.3, 0.4) is 0 Å². The van der Waals surface area contributed by atoms with E-state index in [1.807, 2.05) is 23.0 Å². The Morgan fingerprint density at radius 2 is 1.92 bits per heavy atom. The molecule has 0 amide bonds. The van der Waals surface area contributed by atoms with Crippen LogP contribution in [0.1, 0.15) is 38.3 Å². The molecule has 128 valence electrons. The van der Waals surface area contributed by atoms with Crippen molar-refractivity contribution in [3.63, 3.8) is 0 Å². The molecule has 24 heavy (non-hydrogen) atoms. The van der Waals surface area contributed by atoms with Gasteiger partial charge >= 0.3 is 0 Å². The summed E-state index contributed by atoms with van der Waals surface area (Å²) in [5.74, 6) is 0.912. The SMILES string of the molecule is COc1ccc(CN2CC=C(c3cnn(C(C)(C)C)c3)CC2)cc1. The highest BCUT2D eigenvalue weighted by Crippen LogP contribution is 2.25. The predicted molar refractivity (Wildman–Crippen MR) is 98.1 cm³/mol. The summed E-state index contributed by atoms with van der Waals surface area (Å²) < 4.78 is 7.27. The lowest BCUT2D eigenvalue weighted by Gasteiger charge is -2.26. The summed E-state index contributed by atoms with van der Waals surface area (Å²) >= 11 is 0. The van der Waals surface area contributed by atoms with Gasteiger partial charge in [-0.25, -0.2) is 0 Å². The topological polar surface area (TPSA) is 30.3 Å². The molecule has 0 radical (unpaired) electrons. The Bertz CT molecular complexity index is 707. The molecule has 0 aliphatic carbocycles. The minimum Gasteiger partial charge on any atom is -0.497 e. The fourth-order valence-electron chi connectivity index (χ4n) is 2.96. The van der Waals surface area contributed by atoms with Crippen LogP contribution in [0.25, 0.3) is 5.57 Å². The highest BCUT2D eigenvalue weighted by atomic mass is 16.5. The largest absolute Gasteiger partial charge is 0.497 e. The van der Waals surface area contributed by atoms with Gasteiger partial charge in [0.2, 0.25) is 0 Å². The van der Waals surface area contributed by atoms with E-state index in [1.54, 1.807) is 7.11 Å². The van der Waals surface area contributed by atoms with E-state index in [-0.39, 0.29) is 5.54 Å². The van der Waals surface area contributed by atoms with Crippen molar-refractivity contribution in [2.75, 3.05) is 20.2 Å². The second-order valence-corrected chi connectivity index (χ2v) is 7.41. The molecule has 0 saturated heterocycles. The molecule has 1 aliphatic rings. The van der Waals surface area contributed by atoms with Gasteiger partial charge in [-0.15, -0.1) is 0 Å². The fourth-order valence-corrected chi connectivity index (χ4v) is 2.96. The monoisotopic (exact) mass is 325 g/mol. The van der Waals surface area contributed by atoms with Crippen LogP contribution in [0.15, 0.2) is 42.7 Å². The molecule has 4 heteroatoms. The van der Waals surface area contributed by atoms with Crippen LogP contribution >= 0.6 is 0 Å². The maximum Gasteiger partial charge on any atom is 0.118 e. The van der Waals surface area contributed by atoms with Crippen LogP contribution < -0.4 is 4.74 Å². The van der Waals surface area contributed by atoms with Crippen molar-refractivity contribution in [3.8, 4) is 5.75 Å². The second kappa shape index (κ2) is 6.81. The first-order chi connectivity index (χ1) is 11.5. The number of benzene rings is 1. The Balaban J connectivity index is 1.62. The summed E-state index contributed by atoms with van der Waals surface area (Å²) in [6.45, 7) is 9.58. The molecule has 4 nitrogen and oxygen atoms in total. The lowest BCUT2D eigenvalue weighted by molar-refractivity contribution is 0.293. The Kier molecular flexibility index (Phi) is 4.76. The molecule has 0 fully saturated rings. The first kappa shape index (κ1) is 16.8. The summed E-state index contributed by atoms with van der Waals surface area (Å²) in [5.41, 5.74) is 4.03. The summed E-state index contributed by atoms with van der Waals surface area (Å²) in [5, 5.41) is 4.52. The third-order valence-electron chi connectivity index (χ3n) is 4.50. The van der Waals surface area contributed by atoms with E-state index < -0.39 is 0 Å². The number of hydrogen-bond acceptors (Lipinski definition) is 3. The smallest absolute Gasteiger partial charge is 0.118 e. The van der Waals surface area contributed by atoms with Gasteiger partial charge in [0.25, 0.3) is 0 Å². The molecule has 3 rings (SSSR count). The highest BCUT2D eigenvalue weighted by molar-refractivity contribution is 5.65. The van der Waals surface area contributed by atoms with Crippen molar-refractivity contribution in [1.29, 1.82) is 0 Å². The molecule has 2 aromatic rings. The molecule has 2 heterocycles. The first-order valence-electron chi connectivity index (χ1n) is 8.55. The van der Waals surface area contributed by atoms with Gasteiger partial charge in [0.1, 0.15) is 5.75 Å². The average Bonchev–Trinajstić information content (AvgIpc) is 3.07. The molecule has 1 aliphatic heterocycles. The molecule has 0 unspecified atom stereocenters. The van der Waals surface area contributed by atoms with Gasteiger partial charge in [0, 0.05) is 31.4 Å². The van der Waals surface area contributed by atoms with Crippen molar-refractivity contribution in [2.24, 2.45) is 0 Å². The van der Waals surface area contributed by atoms with Crippen LogP contribution in [0.4, 0.5) is 0 Å². The van der Waals surface area contributed by atoms with Crippen LogP contribution in [0.2, 0.25) is 0 Å². The normalized spacial score (nSPS) is 16.1. The number of nitrogens with zero attached hydrogens (tertiary/aromatic N) is 3. The minimum atomic E-state index is 0.0356. The molecule has 0 spiro atoms. The molecule has 0 bridgehead atoms. The third kappa shape index (κ3) is 3.88. The van der Waals surface area contributed by atoms with E-state index in [0.717, 1.165) is 31.8 Å². The van der Waals surface area contributed by atoms with E-state index in [9.17, 15) is 0 Å². The first-order valence-corrected chi connectivity index (χ1v) is 8.55. The zero-order valence-corrected chi connectivity index (χ0v) is 15.1. The van der Waals surface area contributed by atoms with Gasteiger partial charge in [0.05, 0.1) is 18.8 Å². The lowest BCUT2D eigenvalue weighted by Crippen LogP contribution is -2.28. The number of ether oxygens (including phenoxy) is 1. The minimum absolute atomic E-state index is 0.0356. The highest BCUT2D eigenvalue weighted by Gasteiger charge is 2.18. The fraction of sp³-hybridized carbons (Fsp3) is 0.450. The number of aromatic nitrogens is 2. The predicted octanol–water partition coefficient (Wildman–Crippen LogP) is 3.94. The Morgan fingerprint density at radius 3 is 2.46 bits per heavy atom. The van der Waals surface area contributed by atoms with E-state index in [2.05, 4.69) is 55.2 Å². The van der Waals surface area contributed by atoms with Gasteiger partial charge < -0.3 is 4.74 Å². The molecule has 0 N–H and O–H groups in total. The van der Waals surface area contributed by atoms with Crippen molar-refractivity contribution < 1.29 is 4.74 Å². The van der Waals surface area contributed by atoms with Crippen LogP contribution in [0.5, 0.6) is 5.75 Å². The Labute approximate surface area is 144 Å². The van der Waals surface area contributed by atoms with Gasteiger partial charge in [0.15, 0.2) is 0 Å². The molecule has 1 aromatic heterocycles. The summed E-state index contributed by atoms with van der Waals surface area (Å²) in [6.07, 6.45) is 7.59. The molecule has 1 aromatic carbocycles. The van der Waals surface area contributed by atoms with E-state index in [4.69, 9.17) is 4.74 Å². The van der Waals surface area contributed by atoms with Crippen molar-refractivity contribution >= 4 is 5.57 Å². The zero-order valence-electron chi connectivity index (χ0n) is 15.1. The van der Waals surface area contributed by atoms with Crippen LogP contribution in [-0.2, 0) is 12.1 Å². The van der Waals surface area contributed by atoms with Crippen LogP contribution in [-0.4, -0.2) is 34.9 Å². The number of rotatable bonds is 4. The number of hydrogen-bond donors (Lipinski definition) is 0. The van der Waals surface area contributed by atoms with E-state index in [0.29, 0.717) is 0 Å². The van der Waals surface area contributed by atoms with Crippen molar-refractivity contribution in [3.05, 3.63) is 53.9 Å². The maximum atomic E-state index is 5.22. The van der Waals surface area contributed by atoms with Crippen molar-refractivity contribution in [1.82, 2.24) is 14.7 Å². The molecule has 0 saturated carbocycles. The second-order valence-electron chi connectivity index (χ2n) is 7.41. The molecule has 0 atom stereocenters. The zero-order chi connectivity index (χ0) is 17.2. The van der Waals surface area contributed by atoms with E-state index in [1.165, 1.54) is 16.7 Å². The van der Waals surface area contributed by atoms with Gasteiger partial charge in [-0.1, -0.05) is 18.2 Å². The van der Waals surface area contributed by atoms with Crippen LogP contribution in [0, 0.1) is 0 Å². The quantitative estimate of drug-likeness (QED) is 0.853. The standard InChI is InChI=1S/C20H27N3O/c1-20(2,3)23-15-18(13-21-23)17-9-11-22(12-10-17)14-16-5-7-19(24-4)8-6-16/h5-9,13,15H,10-12,14H2,1-4H3. The third-order valence-corrected chi connectivity index (χ3v) is 4.50.